The molecule has 6 nitrogen and oxygen atoms in total. The molecule has 1 N–H and O–H groups in total. The van der Waals surface area contributed by atoms with E-state index in [1.807, 2.05) is 32.7 Å². The number of piperazine rings is 1. The number of nitrogens with one attached hydrogen (secondary N) is 1. The lowest BCUT2D eigenvalue weighted by Gasteiger charge is -2.41. The van der Waals surface area contributed by atoms with Crippen molar-refractivity contribution >= 4 is 11.9 Å². The number of hydrogen-bond acceptors (Lipinski definition) is 5. The summed E-state index contributed by atoms with van der Waals surface area (Å²) in [6.45, 7) is 7.83. The molecule has 0 radical (unpaired) electrons. The Bertz CT molecular complexity index is 411. The monoisotopic (exact) mass is 311 g/mol. The number of nitrogens with zero attached hydrogens (tertiary/aromatic N) is 2. The molecule has 6 heteroatoms. The van der Waals surface area contributed by atoms with E-state index in [2.05, 4.69) is 10.4 Å². The fraction of sp³-hybridized carbons (Fsp3) is 0.875. The second-order valence-electron chi connectivity index (χ2n) is 7.59. The zero-order valence-corrected chi connectivity index (χ0v) is 14.2. The molecule has 1 aliphatic heterocycles. The first-order valence-corrected chi connectivity index (χ1v) is 8.22. The molecule has 1 aliphatic carbocycles. The van der Waals surface area contributed by atoms with Crippen LogP contribution in [0, 0.1) is 5.41 Å². The Morgan fingerprint density at radius 3 is 2.36 bits per heavy atom. The Morgan fingerprint density at radius 2 is 1.82 bits per heavy atom. The number of hydroxylamine groups is 1. The van der Waals surface area contributed by atoms with Gasteiger partial charge in [0.1, 0.15) is 0 Å². The van der Waals surface area contributed by atoms with Crippen LogP contribution in [-0.4, -0.2) is 60.4 Å². The van der Waals surface area contributed by atoms with Crippen molar-refractivity contribution in [2.45, 2.75) is 58.5 Å². The zero-order chi connectivity index (χ0) is 16.3. The van der Waals surface area contributed by atoms with Crippen LogP contribution in [0.3, 0.4) is 0 Å². The second kappa shape index (κ2) is 6.96. The van der Waals surface area contributed by atoms with Crippen LogP contribution in [0.5, 0.6) is 0 Å². The minimum atomic E-state index is -0.490. The van der Waals surface area contributed by atoms with E-state index >= 15 is 0 Å². The fourth-order valence-corrected chi connectivity index (χ4v) is 2.99. The second-order valence-corrected chi connectivity index (χ2v) is 7.59. The van der Waals surface area contributed by atoms with E-state index in [9.17, 15) is 9.59 Å². The largest absolute Gasteiger partial charge is 0.370 e. The third-order valence-corrected chi connectivity index (χ3v) is 4.52. The summed E-state index contributed by atoms with van der Waals surface area (Å²) in [5, 5.41) is 0. The SMILES string of the molecule is CN1CCN(C2CCC(NOC(=O)C(C)(C)C)CC2)C(=O)C1. The van der Waals surface area contributed by atoms with Crippen LogP contribution in [0.1, 0.15) is 46.5 Å². The van der Waals surface area contributed by atoms with E-state index in [0.29, 0.717) is 12.6 Å². The molecule has 0 atom stereocenters. The molecule has 0 aromatic rings. The van der Waals surface area contributed by atoms with Gasteiger partial charge < -0.3 is 9.74 Å². The van der Waals surface area contributed by atoms with Crippen molar-refractivity contribution in [3.8, 4) is 0 Å². The quantitative estimate of drug-likeness (QED) is 0.793. The first-order chi connectivity index (χ1) is 10.3. The van der Waals surface area contributed by atoms with Gasteiger partial charge >= 0.3 is 5.97 Å². The maximum absolute atomic E-state index is 12.1. The minimum absolute atomic E-state index is 0.199. The highest BCUT2D eigenvalue weighted by Crippen LogP contribution is 2.25. The Kier molecular flexibility index (Phi) is 5.45. The van der Waals surface area contributed by atoms with Gasteiger partial charge in [-0.05, 0) is 53.5 Å². The predicted octanol–water partition coefficient (Wildman–Crippen LogP) is 1.17. The number of hydrogen-bond donors (Lipinski definition) is 1. The van der Waals surface area contributed by atoms with Gasteiger partial charge in [-0.15, -0.1) is 0 Å². The van der Waals surface area contributed by atoms with E-state index in [4.69, 9.17) is 4.84 Å². The van der Waals surface area contributed by atoms with Gasteiger partial charge in [-0.25, -0.2) is 4.79 Å². The average Bonchev–Trinajstić information content (AvgIpc) is 2.44. The summed E-state index contributed by atoms with van der Waals surface area (Å²) in [5.74, 6) is 0.00758. The third-order valence-electron chi connectivity index (χ3n) is 4.52. The fourth-order valence-electron chi connectivity index (χ4n) is 2.99. The van der Waals surface area contributed by atoms with Crippen LogP contribution in [0.4, 0.5) is 0 Å². The Balaban J connectivity index is 1.74. The topological polar surface area (TPSA) is 61.9 Å². The van der Waals surface area contributed by atoms with Crippen LogP contribution < -0.4 is 5.48 Å². The molecule has 1 amide bonds. The summed E-state index contributed by atoms with van der Waals surface area (Å²) in [6, 6.07) is 0.544. The Labute approximate surface area is 133 Å². The molecule has 22 heavy (non-hydrogen) atoms. The molecule has 126 valence electrons. The summed E-state index contributed by atoms with van der Waals surface area (Å²) in [6.07, 6.45) is 3.81. The van der Waals surface area contributed by atoms with Crippen LogP contribution in [-0.2, 0) is 14.4 Å². The van der Waals surface area contributed by atoms with E-state index < -0.39 is 5.41 Å². The highest BCUT2D eigenvalue weighted by molar-refractivity contribution is 5.79. The molecular weight excluding hydrogens is 282 g/mol. The van der Waals surface area contributed by atoms with Crippen molar-refractivity contribution in [1.82, 2.24) is 15.3 Å². The molecule has 0 aromatic carbocycles. The summed E-state index contributed by atoms with van der Waals surface area (Å²) < 4.78 is 0. The summed E-state index contributed by atoms with van der Waals surface area (Å²) >= 11 is 0. The van der Waals surface area contributed by atoms with Gasteiger partial charge in [0, 0.05) is 25.2 Å². The average molecular weight is 311 g/mol. The van der Waals surface area contributed by atoms with Crippen molar-refractivity contribution in [3.63, 3.8) is 0 Å². The van der Waals surface area contributed by atoms with Crippen molar-refractivity contribution < 1.29 is 14.4 Å². The molecule has 1 heterocycles. The van der Waals surface area contributed by atoms with Crippen molar-refractivity contribution in [3.05, 3.63) is 0 Å². The number of carbonyl (C=O) groups excluding carboxylic acids is 2. The highest BCUT2D eigenvalue weighted by Gasteiger charge is 2.32. The summed E-state index contributed by atoms with van der Waals surface area (Å²) in [7, 11) is 1.99. The first kappa shape index (κ1) is 17.2. The number of likely N-dealkylation sites (N-methyl/N-ethyl adjacent to an activating group) is 1. The minimum Gasteiger partial charge on any atom is -0.370 e. The van der Waals surface area contributed by atoms with Gasteiger partial charge in [-0.1, -0.05) is 0 Å². The molecule has 0 aromatic heterocycles. The van der Waals surface area contributed by atoms with Crippen molar-refractivity contribution in [2.24, 2.45) is 5.41 Å². The Hall–Kier alpha value is -1.14. The van der Waals surface area contributed by atoms with E-state index in [1.165, 1.54) is 0 Å². The van der Waals surface area contributed by atoms with E-state index in [1.54, 1.807) is 0 Å². The first-order valence-electron chi connectivity index (χ1n) is 8.22. The molecule has 2 rings (SSSR count). The maximum atomic E-state index is 12.1. The molecular formula is C16H29N3O3. The van der Waals surface area contributed by atoms with Crippen LogP contribution in [0.15, 0.2) is 0 Å². The van der Waals surface area contributed by atoms with Gasteiger partial charge in [0.05, 0.1) is 12.0 Å². The van der Waals surface area contributed by atoms with Crippen molar-refractivity contribution in [2.75, 3.05) is 26.7 Å². The molecule has 2 aliphatic rings. The highest BCUT2D eigenvalue weighted by atomic mass is 16.7. The lowest BCUT2D eigenvalue weighted by atomic mass is 9.90. The lowest BCUT2D eigenvalue weighted by molar-refractivity contribution is -0.163. The van der Waals surface area contributed by atoms with Crippen molar-refractivity contribution in [1.29, 1.82) is 0 Å². The van der Waals surface area contributed by atoms with Gasteiger partial charge in [0.25, 0.3) is 0 Å². The van der Waals surface area contributed by atoms with Gasteiger partial charge in [0.2, 0.25) is 5.91 Å². The molecule has 1 saturated carbocycles. The van der Waals surface area contributed by atoms with Gasteiger partial charge in [-0.3, -0.25) is 9.69 Å². The normalized spacial score (nSPS) is 27.8. The molecule has 1 saturated heterocycles. The predicted molar refractivity (Wildman–Crippen MR) is 83.9 cm³/mol. The Morgan fingerprint density at radius 1 is 1.18 bits per heavy atom. The van der Waals surface area contributed by atoms with Crippen LogP contribution in [0.2, 0.25) is 0 Å². The zero-order valence-electron chi connectivity index (χ0n) is 14.2. The van der Waals surface area contributed by atoms with Crippen LogP contribution >= 0.6 is 0 Å². The van der Waals surface area contributed by atoms with E-state index in [0.717, 1.165) is 38.8 Å². The van der Waals surface area contributed by atoms with Gasteiger partial charge in [0.15, 0.2) is 0 Å². The van der Waals surface area contributed by atoms with E-state index in [-0.39, 0.29) is 17.9 Å². The molecule has 0 spiro atoms. The smallest absolute Gasteiger partial charge is 0.329 e. The third kappa shape index (κ3) is 4.43. The molecule has 0 unspecified atom stereocenters. The summed E-state index contributed by atoms with van der Waals surface area (Å²) in [5.41, 5.74) is 2.42. The maximum Gasteiger partial charge on any atom is 0.329 e. The number of carbonyl (C=O) groups is 2. The summed E-state index contributed by atoms with van der Waals surface area (Å²) in [4.78, 5) is 33.2. The molecule has 2 fully saturated rings. The van der Waals surface area contributed by atoms with Crippen LogP contribution in [0.25, 0.3) is 0 Å². The molecule has 0 bridgehead atoms. The van der Waals surface area contributed by atoms with Gasteiger partial charge in [-0.2, -0.15) is 5.48 Å². The number of amides is 1. The standard InChI is InChI=1S/C16H29N3O3/c1-16(2,3)15(21)22-17-12-5-7-13(8-6-12)19-10-9-18(4)11-14(19)20/h12-13,17H,5-11H2,1-4H3. The lowest BCUT2D eigenvalue weighted by Crippen LogP contribution is -2.54. The number of rotatable bonds is 3.